The van der Waals surface area contributed by atoms with Crippen LogP contribution in [0.3, 0.4) is 0 Å². The lowest BCUT2D eigenvalue weighted by atomic mass is 10.1. The largest absolute Gasteiger partial charge is 0.322 e. The molecule has 1 N–H and O–H groups in total. The van der Waals surface area contributed by atoms with Crippen molar-refractivity contribution in [3.63, 3.8) is 0 Å². The van der Waals surface area contributed by atoms with Gasteiger partial charge in [-0.2, -0.15) is 0 Å². The van der Waals surface area contributed by atoms with Crippen LogP contribution < -0.4 is 5.32 Å². The fourth-order valence-corrected chi connectivity index (χ4v) is 1.64. The Morgan fingerprint density at radius 2 is 1.84 bits per heavy atom. The summed E-state index contributed by atoms with van der Waals surface area (Å²) < 4.78 is 12.8. The Morgan fingerprint density at radius 1 is 1.16 bits per heavy atom. The molecule has 0 spiro atoms. The van der Waals surface area contributed by atoms with Crippen molar-refractivity contribution in [1.82, 2.24) is 0 Å². The van der Waals surface area contributed by atoms with Crippen LogP contribution in [0.25, 0.3) is 0 Å². The highest BCUT2D eigenvalue weighted by Gasteiger charge is 2.10. The number of aryl methyl sites for hydroxylation is 1. The molecule has 2 aromatic rings. The number of hydrogen-bond donors (Lipinski definition) is 1. The Bertz CT molecular complexity index is 624. The van der Waals surface area contributed by atoms with Gasteiger partial charge in [0, 0.05) is 11.3 Å². The number of nitrogens with zero attached hydrogens (tertiary/aromatic N) is 1. The van der Waals surface area contributed by atoms with Gasteiger partial charge in [0.05, 0.1) is 0 Å². The number of rotatable bonds is 3. The quantitative estimate of drug-likeness (QED) is 0.851. The number of halogens is 1. The molecule has 0 bridgehead atoms. The fraction of sp³-hybridized carbons (Fsp3) is 0.0714. The number of benzene rings is 2. The van der Waals surface area contributed by atoms with E-state index in [9.17, 15) is 14.1 Å². The van der Waals surface area contributed by atoms with E-state index in [-0.39, 0.29) is 17.4 Å². The van der Waals surface area contributed by atoms with E-state index < -0.39 is 0 Å². The molecule has 0 aliphatic rings. The minimum absolute atomic E-state index is 0.190. The molecule has 0 aliphatic carbocycles. The number of hydrogen-bond acceptors (Lipinski definition) is 3. The molecule has 0 saturated heterocycles. The van der Waals surface area contributed by atoms with Crippen LogP contribution in [0, 0.1) is 17.6 Å². The monoisotopic (exact) mass is 258 g/mol. The standard InChI is InChI=1S/C14H11FN2O2/c1-9-2-5-12(17-19)8-13(9)14(18)16-11-6-3-10(15)4-7-11/h2-8H,1H3,(H,16,18). The van der Waals surface area contributed by atoms with Gasteiger partial charge in [-0.15, -0.1) is 4.91 Å². The lowest BCUT2D eigenvalue weighted by molar-refractivity contribution is 0.102. The first-order chi connectivity index (χ1) is 9.10. The van der Waals surface area contributed by atoms with E-state index in [1.165, 1.54) is 36.4 Å². The number of nitroso groups, excluding NO2 is 1. The van der Waals surface area contributed by atoms with Crippen molar-refractivity contribution in [1.29, 1.82) is 0 Å². The minimum atomic E-state index is -0.374. The van der Waals surface area contributed by atoms with Crippen LogP contribution in [-0.2, 0) is 0 Å². The van der Waals surface area contributed by atoms with Crippen LogP contribution >= 0.6 is 0 Å². The van der Waals surface area contributed by atoms with Gasteiger partial charge >= 0.3 is 0 Å². The molecular weight excluding hydrogens is 247 g/mol. The van der Waals surface area contributed by atoms with E-state index in [1.807, 2.05) is 0 Å². The first-order valence-corrected chi connectivity index (χ1v) is 5.61. The molecule has 0 aliphatic heterocycles. The zero-order valence-electron chi connectivity index (χ0n) is 10.2. The number of carbonyl (C=O) groups is 1. The van der Waals surface area contributed by atoms with Gasteiger partial charge in [-0.25, -0.2) is 4.39 Å². The van der Waals surface area contributed by atoms with Gasteiger partial charge < -0.3 is 5.32 Å². The van der Waals surface area contributed by atoms with Crippen LogP contribution in [0.15, 0.2) is 47.6 Å². The van der Waals surface area contributed by atoms with Crippen LogP contribution in [0.4, 0.5) is 15.8 Å². The van der Waals surface area contributed by atoms with Crippen LogP contribution in [0.5, 0.6) is 0 Å². The molecule has 0 radical (unpaired) electrons. The van der Waals surface area contributed by atoms with E-state index in [0.29, 0.717) is 11.3 Å². The van der Waals surface area contributed by atoms with Gasteiger partial charge in [-0.3, -0.25) is 4.79 Å². The lowest BCUT2D eigenvalue weighted by Gasteiger charge is -2.07. The first kappa shape index (κ1) is 12.9. The predicted octanol–water partition coefficient (Wildman–Crippen LogP) is 3.78. The molecule has 4 nitrogen and oxygen atoms in total. The average Bonchev–Trinajstić information content (AvgIpc) is 2.42. The van der Waals surface area contributed by atoms with Crippen molar-refractivity contribution in [2.45, 2.75) is 6.92 Å². The molecule has 0 atom stereocenters. The Morgan fingerprint density at radius 3 is 2.47 bits per heavy atom. The molecule has 0 heterocycles. The zero-order chi connectivity index (χ0) is 13.8. The number of carbonyl (C=O) groups excluding carboxylic acids is 1. The van der Waals surface area contributed by atoms with Crippen molar-refractivity contribution < 1.29 is 9.18 Å². The summed E-state index contributed by atoms with van der Waals surface area (Å²) in [5.41, 5.74) is 1.76. The molecule has 2 rings (SSSR count). The summed E-state index contributed by atoms with van der Waals surface area (Å²) in [6.07, 6.45) is 0. The second-order valence-electron chi connectivity index (χ2n) is 4.05. The predicted molar refractivity (Wildman–Crippen MR) is 71.0 cm³/mol. The molecule has 0 fully saturated rings. The maximum atomic E-state index is 12.8. The van der Waals surface area contributed by atoms with Crippen molar-refractivity contribution in [3.05, 3.63) is 64.3 Å². The van der Waals surface area contributed by atoms with Gasteiger partial charge in [-0.1, -0.05) is 6.07 Å². The van der Waals surface area contributed by atoms with Gasteiger partial charge in [0.15, 0.2) is 0 Å². The summed E-state index contributed by atoms with van der Waals surface area (Å²) in [5, 5.41) is 5.42. The molecule has 0 aromatic heterocycles. The van der Waals surface area contributed by atoms with Crippen LogP contribution in [-0.4, -0.2) is 5.91 Å². The second kappa shape index (κ2) is 5.39. The smallest absolute Gasteiger partial charge is 0.256 e. The van der Waals surface area contributed by atoms with E-state index in [1.54, 1.807) is 13.0 Å². The number of nitrogens with one attached hydrogen (secondary N) is 1. The summed E-state index contributed by atoms with van der Waals surface area (Å²) in [5.74, 6) is -0.740. The first-order valence-electron chi connectivity index (χ1n) is 5.61. The Hall–Kier alpha value is -2.56. The lowest BCUT2D eigenvalue weighted by Crippen LogP contribution is -2.13. The van der Waals surface area contributed by atoms with Gasteiger partial charge in [0.1, 0.15) is 11.5 Å². The number of anilines is 1. The third-order valence-corrected chi connectivity index (χ3v) is 2.67. The molecule has 5 heteroatoms. The topological polar surface area (TPSA) is 58.5 Å². The van der Waals surface area contributed by atoms with E-state index >= 15 is 0 Å². The molecule has 0 saturated carbocycles. The van der Waals surface area contributed by atoms with Crippen molar-refractivity contribution in [2.24, 2.45) is 5.18 Å². The highest BCUT2D eigenvalue weighted by atomic mass is 19.1. The maximum Gasteiger partial charge on any atom is 0.256 e. The van der Waals surface area contributed by atoms with Crippen molar-refractivity contribution in [2.75, 3.05) is 5.32 Å². The SMILES string of the molecule is Cc1ccc(N=O)cc1C(=O)Nc1ccc(F)cc1. The summed E-state index contributed by atoms with van der Waals surface area (Å²) in [4.78, 5) is 22.5. The highest BCUT2D eigenvalue weighted by molar-refractivity contribution is 6.05. The molecule has 2 aromatic carbocycles. The Balaban J connectivity index is 2.24. The molecule has 96 valence electrons. The van der Waals surface area contributed by atoms with E-state index in [2.05, 4.69) is 10.5 Å². The van der Waals surface area contributed by atoms with Crippen molar-refractivity contribution in [3.8, 4) is 0 Å². The van der Waals surface area contributed by atoms with Gasteiger partial charge in [-0.05, 0) is 54.1 Å². The van der Waals surface area contributed by atoms with Crippen LogP contribution in [0.2, 0.25) is 0 Å². The molecule has 0 unspecified atom stereocenters. The fourth-order valence-electron chi connectivity index (χ4n) is 1.64. The number of amides is 1. The Labute approximate surface area is 109 Å². The van der Waals surface area contributed by atoms with E-state index in [4.69, 9.17) is 0 Å². The summed E-state index contributed by atoms with van der Waals surface area (Å²) >= 11 is 0. The summed E-state index contributed by atoms with van der Waals surface area (Å²) in [6.45, 7) is 1.76. The zero-order valence-corrected chi connectivity index (χ0v) is 10.2. The Kier molecular flexibility index (Phi) is 3.66. The molecular formula is C14H11FN2O2. The third-order valence-electron chi connectivity index (χ3n) is 2.67. The van der Waals surface area contributed by atoms with Crippen molar-refractivity contribution >= 4 is 17.3 Å². The highest BCUT2D eigenvalue weighted by Crippen LogP contribution is 2.19. The van der Waals surface area contributed by atoms with Gasteiger partial charge in [0.25, 0.3) is 5.91 Å². The third kappa shape index (κ3) is 3.01. The average molecular weight is 258 g/mol. The molecule has 19 heavy (non-hydrogen) atoms. The minimum Gasteiger partial charge on any atom is -0.322 e. The van der Waals surface area contributed by atoms with Gasteiger partial charge in [0.2, 0.25) is 0 Å². The summed E-state index contributed by atoms with van der Waals surface area (Å²) in [6, 6.07) is 10.0. The summed E-state index contributed by atoms with van der Waals surface area (Å²) in [7, 11) is 0. The maximum absolute atomic E-state index is 12.8. The second-order valence-corrected chi connectivity index (χ2v) is 4.05. The van der Waals surface area contributed by atoms with E-state index in [0.717, 1.165) is 5.56 Å². The van der Waals surface area contributed by atoms with Crippen LogP contribution in [0.1, 0.15) is 15.9 Å². The normalized spacial score (nSPS) is 10.0. The molecule has 1 amide bonds.